The van der Waals surface area contributed by atoms with E-state index in [9.17, 15) is 4.79 Å². The molecule has 1 unspecified atom stereocenters. The Labute approximate surface area is 173 Å². The minimum atomic E-state index is 0.0857. The van der Waals surface area contributed by atoms with Gasteiger partial charge in [0, 0.05) is 37.0 Å². The van der Waals surface area contributed by atoms with Crippen LogP contribution < -0.4 is 10.6 Å². The number of nitrogens with two attached hydrogens (primary N) is 1. The zero-order chi connectivity index (χ0) is 20.1. The Kier molecular flexibility index (Phi) is 4.26. The van der Waals surface area contributed by atoms with Crippen LogP contribution in [0.4, 0.5) is 5.69 Å². The number of carbonyl (C=O) groups excluding carboxylic acids is 1. The SMILES string of the molecule is CC(=O)N1c2ccc(-c3nc4sc(-c5ccccc5)cn4c3CN)cc2CC1C. The summed E-state index contributed by atoms with van der Waals surface area (Å²) in [4.78, 5) is 20.9. The van der Waals surface area contributed by atoms with E-state index in [1.165, 1.54) is 16.0 Å². The van der Waals surface area contributed by atoms with Crippen molar-refractivity contribution in [2.24, 2.45) is 5.73 Å². The van der Waals surface area contributed by atoms with Gasteiger partial charge in [0.05, 0.1) is 16.3 Å². The molecule has 5 rings (SSSR count). The molecule has 29 heavy (non-hydrogen) atoms. The van der Waals surface area contributed by atoms with Gasteiger partial charge in [0.2, 0.25) is 5.91 Å². The van der Waals surface area contributed by atoms with Crippen LogP contribution in [0.1, 0.15) is 25.1 Å². The summed E-state index contributed by atoms with van der Waals surface area (Å²) in [6, 6.07) is 16.8. The lowest BCUT2D eigenvalue weighted by molar-refractivity contribution is -0.116. The lowest BCUT2D eigenvalue weighted by Crippen LogP contribution is -2.33. The van der Waals surface area contributed by atoms with E-state index in [1.54, 1.807) is 18.3 Å². The van der Waals surface area contributed by atoms with Crippen molar-refractivity contribution in [3.8, 4) is 21.7 Å². The Hall–Kier alpha value is -2.96. The van der Waals surface area contributed by atoms with Gasteiger partial charge in [-0.3, -0.25) is 9.20 Å². The number of carbonyl (C=O) groups is 1. The number of benzene rings is 2. The normalized spacial score (nSPS) is 15.8. The molecule has 0 fully saturated rings. The lowest BCUT2D eigenvalue weighted by atomic mass is 10.0. The number of rotatable bonds is 3. The quantitative estimate of drug-likeness (QED) is 0.549. The summed E-state index contributed by atoms with van der Waals surface area (Å²) in [5.41, 5.74) is 12.5. The van der Waals surface area contributed by atoms with Crippen LogP contribution in [0.2, 0.25) is 0 Å². The van der Waals surface area contributed by atoms with Gasteiger partial charge in [-0.1, -0.05) is 47.7 Å². The Balaban J connectivity index is 1.58. The van der Waals surface area contributed by atoms with E-state index in [4.69, 9.17) is 10.7 Å². The van der Waals surface area contributed by atoms with E-state index in [0.29, 0.717) is 6.54 Å². The lowest BCUT2D eigenvalue weighted by Gasteiger charge is -2.20. The minimum absolute atomic E-state index is 0.0857. The molecule has 1 aliphatic heterocycles. The highest BCUT2D eigenvalue weighted by Gasteiger charge is 2.29. The Morgan fingerprint density at radius 3 is 2.72 bits per heavy atom. The summed E-state index contributed by atoms with van der Waals surface area (Å²) in [7, 11) is 0. The van der Waals surface area contributed by atoms with Crippen LogP contribution in [0.3, 0.4) is 0 Å². The predicted octanol–water partition coefficient (Wildman–Crippen LogP) is 4.49. The number of fused-ring (bicyclic) bond motifs is 2. The summed E-state index contributed by atoms with van der Waals surface area (Å²) < 4.78 is 2.11. The molecule has 1 atom stereocenters. The highest BCUT2D eigenvalue weighted by Crippen LogP contribution is 2.37. The molecule has 2 aromatic carbocycles. The number of anilines is 1. The van der Waals surface area contributed by atoms with Crippen LogP contribution in [-0.2, 0) is 17.8 Å². The Morgan fingerprint density at radius 2 is 2.00 bits per heavy atom. The zero-order valence-corrected chi connectivity index (χ0v) is 17.2. The molecule has 4 aromatic rings. The molecule has 0 aliphatic carbocycles. The van der Waals surface area contributed by atoms with E-state index in [0.717, 1.165) is 34.0 Å². The number of nitrogens with zero attached hydrogens (tertiary/aromatic N) is 3. The summed E-state index contributed by atoms with van der Waals surface area (Å²) in [6.07, 6.45) is 2.99. The van der Waals surface area contributed by atoms with Gasteiger partial charge >= 0.3 is 0 Å². The number of hydrogen-bond donors (Lipinski definition) is 1. The molecule has 1 amide bonds. The van der Waals surface area contributed by atoms with E-state index < -0.39 is 0 Å². The molecule has 5 nitrogen and oxygen atoms in total. The van der Waals surface area contributed by atoms with Crippen molar-refractivity contribution >= 4 is 27.9 Å². The van der Waals surface area contributed by atoms with E-state index in [-0.39, 0.29) is 11.9 Å². The van der Waals surface area contributed by atoms with Crippen molar-refractivity contribution in [2.75, 3.05) is 4.90 Å². The molecule has 6 heteroatoms. The topological polar surface area (TPSA) is 63.6 Å². The second-order valence-electron chi connectivity index (χ2n) is 7.51. The smallest absolute Gasteiger partial charge is 0.224 e. The maximum atomic E-state index is 12.0. The van der Waals surface area contributed by atoms with Crippen LogP contribution in [0.25, 0.3) is 26.7 Å². The Morgan fingerprint density at radius 1 is 1.21 bits per heavy atom. The molecule has 0 spiro atoms. The first-order valence-corrected chi connectivity index (χ1v) is 10.6. The van der Waals surface area contributed by atoms with E-state index in [2.05, 4.69) is 41.8 Å². The fraction of sp³-hybridized carbons (Fsp3) is 0.217. The molecule has 0 saturated heterocycles. The molecule has 0 saturated carbocycles. The first-order valence-electron chi connectivity index (χ1n) is 9.76. The highest BCUT2D eigenvalue weighted by atomic mass is 32.1. The molecule has 146 valence electrons. The van der Waals surface area contributed by atoms with Gasteiger partial charge < -0.3 is 10.6 Å². The average Bonchev–Trinajstić information content (AvgIpc) is 3.37. The van der Waals surface area contributed by atoms with Crippen molar-refractivity contribution in [1.82, 2.24) is 9.38 Å². The van der Waals surface area contributed by atoms with Gasteiger partial charge in [-0.25, -0.2) is 4.98 Å². The number of thiazole rings is 1. The number of hydrogen-bond acceptors (Lipinski definition) is 4. The largest absolute Gasteiger partial charge is 0.325 e. The van der Waals surface area contributed by atoms with Gasteiger partial charge in [-0.05, 0) is 36.6 Å². The van der Waals surface area contributed by atoms with Crippen molar-refractivity contribution in [2.45, 2.75) is 32.9 Å². The maximum absolute atomic E-state index is 12.0. The number of amides is 1. The van der Waals surface area contributed by atoms with Crippen LogP contribution in [0.15, 0.2) is 54.7 Å². The Bertz CT molecular complexity index is 1220. The average molecular weight is 403 g/mol. The van der Waals surface area contributed by atoms with Crippen molar-refractivity contribution in [1.29, 1.82) is 0 Å². The van der Waals surface area contributed by atoms with Crippen LogP contribution in [-0.4, -0.2) is 21.3 Å². The van der Waals surface area contributed by atoms with Gasteiger partial charge in [0.15, 0.2) is 4.96 Å². The van der Waals surface area contributed by atoms with Gasteiger partial charge in [0.25, 0.3) is 0 Å². The van der Waals surface area contributed by atoms with E-state index >= 15 is 0 Å². The third kappa shape index (κ3) is 2.87. The van der Waals surface area contributed by atoms with Gasteiger partial charge in [-0.15, -0.1) is 0 Å². The summed E-state index contributed by atoms with van der Waals surface area (Å²) >= 11 is 1.67. The number of imidazole rings is 1. The number of aromatic nitrogens is 2. The molecule has 2 N–H and O–H groups in total. The van der Waals surface area contributed by atoms with Crippen LogP contribution >= 0.6 is 11.3 Å². The monoisotopic (exact) mass is 402 g/mol. The predicted molar refractivity (Wildman–Crippen MR) is 118 cm³/mol. The molecular formula is C23H22N4OS. The van der Waals surface area contributed by atoms with Crippen LogP contribution in [0, 0.1) is 0 Å². The van der Waals surface area contributed by atoms with Crippen LogP contribution in [0.5, 0.6) is 0 Å². The van der Waals surface area contributed by atoms with Gasteiger partial charge in [-0.2, -0.15) is 0 Å². The molecule has 0 radical (unpaired) electrons. The molecule has 3 heterocycles. The van der Waals surface area contributed by atoms with E-state index in [1.807, 2.05) is 29.2 Å². The third-order valence-electron chi connectivity index (χ3n) is 5.58. The summed E-state index contributed by atoms with van der Waals surface area (Å²) in [5, 5.41) is 0. The molecule has 1 aliphatic rings. The minimum Gasteiger partial charge on any atom is -0.325 e. The van der Waals surface area contributed by atoms with Crippen molar-refractivity contribution in [3.05, 3.63) is 66.0 Å². The fourth-order valence-electron chi connectivity index (χ4n) is 4.31. The zero-order valence-electron chi connectivity index (χ0n) is 16.4. The summed E-state index contributed by atoms with van der Waals surface area (Å²) in [6.45, 7) is 4.12. The molecule has 2 aromatic heterocycles. The maximum Gasteiger partial charge on any atom is 0.224 e. The second kappa shape index (κ2) is 6.83. The molecular weight excluding hydrogens is 380 g/mol. The third-order valence-corrected chi connectivity index (χ3v) is 6.62. The van der Waals surface area contributed by atoms with Crippen molar-refractivity contribution < 1.29 is 4.79 Å². The molecule has 0 bridgehead atoms. The first kappa shape index (κ1) is 18.1. The highest BCUT2D eigenvalue weighted by molar-refractivity contribution is 7.20. The first-order chi connectivity index (χ1) is 14.1. The van der Waals surface area contributed by atoms with Gasteiger partial charge in [0.1, 0.15) is 0 Å². The second-order valence-corrected chi connectivity index (χ2v) is 8.52. The summed E-state index contributed by atoms with van der Waals surface area (Å²) in [5.74, 6) is 0.0857. The van der Waals surface area contributed by atoms with Crippen molar-refractivity contribution in [3.63, 3.8) is 0 Å². The fourth-order valence-corrected chi connectivity index (χ4v) is 5.32. The standard InChI is InChI=1S/C23H22N4OS/c1-14-10-18-11-17(8-9-19(18)27(14)15(2)28)22-20(12-24)26-13-21(29-23(26)25-22)16-6-4-3-5-7-16/h3-9,11,13-14H,10,12,24H2,1-2H3.